The number of amides is 7. The molecule has 0 saturated carbocycles. The Morgan fingerprint density at radius 3 is 1.36 bits per heavy atom. The lowest BCUT2D eigenvalue weighted by molar-refractivity contribution is 0.00845. The average Bonchev–Trinajstić information content (AvgIpc) is 3.39. The molecule has 11 heteroatoms. The van der Waals surface area contributed by atoms with Crippen LogP contribution in [0.4, 0.5) is 0 Å². The van der Waals surface area contributed by atoms with Crippen LogP contribution in [-0.2, 0) is 0 Å². The summed E-state index contributed by atoms with van der Waals surface area (Å²) in [5.74, 6) is -5.84. The fourth-order valence-electron chi connectivity index (χ4n) is 4.37. The molecule has 3 aromatic rings. The Balaban J connectivity index is 1.28. The quantitative estimate of drug-likeness (QED) is 0.559. The molecule has 7 amide bonds. The molecule has 3 aliphatic heterocycles. The van der Waals surface area contributed by atoms with Gasteiger partial charge in [0.25, 0.3) is 41.4 Å². The highest BCUT2D eigenvalue weighted by molar-refractivity contribution is 6.28. The van der Waals surface area contributed by atoms with E-state index >= 15 is 0 Å². The second-order valence-corrected chi connectivity index (χ2v) is 8.08. The van der Waals surface area contributed by atoms with E-state index in [1.165, 1.54) is 36.4 Å². The number of hydrogen-bond acceptors (Lipinski definition) is 7. The van der Waals surface area contributed by atoms with Crippen molar-refractivity contribution in [3.8, 4) is 0 Å². The van der Waals surface area contributed by atoms with Gasteiger partial charge in [-0.1, -0.05) is 24.3 Å². The van der Waals surface area contributed by atoms with E-state index in [0.29, 0.717) is 15.0 Å². The van der Waals surface area contributed by atoms with E-state index in [9.17, 15) is 33.6 Å². The normalized spacial score (nSPS) is 16.1. The zero-order chi connectivity index (χ0) is 25.3. The largest absolute Gasteiger partial charge is 0.281 e. The molecular weight excluding hydrogens is 468 g/mol. The van der Waals surface area contributed by atoms with Gasteiger partial charge in [-0.2, -0.15) is 15.0 Å². The fourth-order valence-corrected chi connectivity index (χ4v) is 4.37. The number of imide groups is 3. The molecule has 0 spiro atoms. The number of hydrazine groups is 2. The number of nitrogens with one attached hydrogen (secondary N) is 1. The standard InChI is InChI=1S/C25H12N4O7/c30-19(26-27-20(31)13-5-1-2-6-14(13)21(27)32)12-9-10-17-18(11-12)25(36)29(24(17)35)28-22(33)15-7-3-4-8-16(15)23(28)34/h1-11H,(H,26,30). The lowest BCUT2D eigenvalue weighted by Gasteiger charge is -2.23. The molecule has 0 fully saturated rings. The maximum absolute atomic E-state index is 13.1. The Morgan fingerprint density at radius 1 is 0.500 bits per heavy atom. The molecule has 3 aliphatic rings. The van der Waals surface area contributed by atoms with E-state index < -0.39 is 41.4 Å². The zero-order valence-corrected chi connectivity index (χ0v) is 18.1. The minimum Gasteiger partial charge on any atom is -0.267 e. The number of rotatable bonds is 3. The predicted octanol–water partition coefficient (Wildman–Crippen LogP) is 1.43. The molecule has 0 aromatic heterocycles. The highest BCUT2D eigenvalue weighted by atomic mass is 16.2. The van der Waals surface area contributed by atoms with E-state index in [1.54, 1.807) is 24.3 Å². The van der Waals surface area contributed by atoms with Gasteiger partial charge in [-0.05, 0) is 42.5 Å². The van der Waals surface area contributed by atoms with Crippen LogP contribution >= 0.6 is 0 Å². The molecule has 0 bridgehead atoms. The van der Waals surface area contributed by atoms with Crippen LogP contribution in [0.3, 0.4) is 0 Å². The highest BCUT2D eigenvalue weighted by Gasteiger charge is 2.48. The minimum atomic E-state index is -0.972. The second kappa shape index (κ2) is 7.27. The van der Waals surface area contributed by atoms with Crippen LogP contribution in [0.5, 0.6) is 0 Å². The maximum Gasteiger partial charge on any atom is 0.281 e. The van der Waals surface area contributed by atoms with Crippen molar-refractivity contribution in [3.63, 3.8) is 0 Å². The van der Waals surface area contributed by atoms with Gasteiger partial charge >= 0.3 is 0 Å². The van der Waals surface area contributed by atoms with E-state index in [4.69, 9.17) is 0 Å². The first-order valence-corrected chi connectivity index (χ1v) is 10.6. The predicted molar refractivity (Wildman–Crippen MR) is 118 cm³/mol. The van der Waals surface area contributed by atoms with Gasteiger partial charge in [0.1, 0.15) is 0 Å². The molecule has 1 N–H and O–H groups in total. The van der Waals surface area contributed by atoms with Gasteiger partial charge in [-0.15, -0.1) is 0 Å². The van der Waals surface area contributed by atoms with Crippen LogP contribution < -0.4 is 5.43 Å². The molecule has 0 radical (unpaired) electrons. The van der Waals surface area contributed by atoms with Crippen molar-refractivity contribution in [2.75, 3.05) is 0 Å². The third kappa shape index (κ3) is 2.70. The molecule has 174 valence electrons. The Morgan fingerprint density at radius 2 is 0.889 bits per heavy atom. The van der Waals surface area contributed by atoms with Gasteiger partial charge in [0.05, 0.1) is 33.4 Å². The van der Waals surface area contributed by atoms with Gasteiger partial charge in [0.2, 0.25) is 0 Å². The number of benzene rings is 3. The summed E-state index contributed by atoms with van der Waals surface area (Å²) in [6.45, 7) is 0. The van der Waals surface area contributed by atoms with Crippen molar-refractivity contribution in [2.24, 2.45) is 0 Å². The third-order valence-corrected chi connectivity index (χ3v) is 6.11. The monoisotopic (exact) mass is 480 g/mol. The highest BCUT2D eigenvalue weighted by Crippen LogP contribution is 2.31. The van der Waals surface area contributed by atoms with Gasteiger partial charge < -0.3 is 0 Å². The fraction of sp³-hybridized carbons (Fsp3) is 0. The Labute approximate surface area is 201 Å². The van der Waals surface area contributed by atoms with Gasteiger partial charge in [0, 0.05) is 5.56 Å². The summed E-state index contributed by atoms with van der Waals surface area (Å²) in [6.07, 6.45) is 0. The van der Waals surface area contributed by atoms with Crippen molar-refractivity contribution in [2.45, 2.75) is 0 Å². The molecule has 6 rings (SSSR count). The minimum absolute atomic E-state index is 0.0556. The summed E-state index contributed by atoms with van der Waals surface area (Å²) in [5.41, 5.74) is 2.13. The maximum atomic E-state index is 13.1. The van der Waals surface area contributed by atoms with Crippen LogP contribution in [0.1, 0.15) is 72.5 Å². The van der Waals surface area contributed by atoms with Crippen molar-refractivity contribution >= 4 is 41.4 Å². The van der Waals surface area contributed by atoms with Crippen LogP contribution in [0.2, 0.25) is 0 Å². The first kappa shape index (κ1) is 21.1. The molecule has 0 saturated heterocycles. The van der Waals surface area contributed by atoms with Crippen LogP contribution in [0.15, 0.2) is 66.7 Å². The summed E-state index contributed by atoms with van der Waals surface area (Å²) >= 11 is 0. The molecule has 11 nitrogen and oxygen atoms in total. The van der Waals surface area contributed by atoms with Gasteiger partial charge in [0.15, 0.2) is 0 Å². The molecule has 0 aliphatic carbocycles. The molecular formula is C25H12N4O7. The first-order valence-electron chi connectivity index (χ1n) is 10.6. The van der Waals surface area contributed by atoms with E-state index in [2.05, 4.69) is 5.43 Å². The van der Waals surface area contributed by atoms with E-state index in [0.717, 1.165) is 6.07 Å². The summed E-state index contributed by atoms with van der Waals surface area (Å²) in [7, 11) is 0. The first-order chi connectivity index (χ1) is 17.3. The van der Waals surface area contributed by atoms with Crippen molar-refractivity contribution < 1.29 is 33.6 Å². The number of nitrogens with zero attached hydrogens (tertiary/aromatic N) is 3. The number of carbonyl (C=O) groups excluding carboxylic acids is 7. The third-order valence-electron chi connectivity index (χ3n) is 6.11. The summed E-state index contributed by atoms with van der Waals surface area (Å²) in [5, 5.41) is 1.49. The van der Waals surface area contributed by atoms with Crippen molar-refractivity contribution in [1.82, 2.24) is 20.5 Å². The summed E-state index contributed by atoms with van der Waals surface area (Å²) in [6, 6.07) is 15.5. The lowest BCUT2D eigenvalue weighted by atomic mass is 10.1. The van der Waals surface area contributed by atoms with Gasteiger partial charge in [-0.3, -0.25) is 39.0 Å². The summed E-state index contributed by atoms with van der Waals surface area (Å²) in [4.78, 5) is 89.5. The van der Waals surface area contributed by atoms with Crippen LogP contribution in [0, 0.1) is 0 Å². The molecule has 0 atom stereocenters. The zero-order valence-electron chi connectivity index (χ0n) is 18.1. The topological polar surface area (TPSA) is 141 Å². The number of carbonyl (C=O) groups is 7. The number of hydrogen-bond donors (Lipinski definition) is 1. The van der Waals surface area contributed by atoms with Gasteiger partial charge in [-0.25, -0.2) is 0 Å². The summed E-state index contributed by atoms with van der Waals surface area (Å²) < 4.78 is 0. The molecule has 3 heterocycles. The smallest absolute Gasteiger partial charge is 0.267 e. The van der Waals surface area contributed by atoms with E-state index in [1.807, 2.05) is 0 Å². The Bertz CT molecular complexity index is 1560. The van der Waals surface area contributed by atoms with Crippen LogP contribution in [0.25, 0.3) is 0 Å². The Hall–Kier alpha value is -5.45. The molecule has 0 unspecified atom stereocenters. The SMILES string of the molecule is O=C(NN1C(=O)c2ccccc2C1=O)c1ccc2c(c1)C(=O)N(N1C(=O)c3ccccc3C1=O)C2=O. The second-order valence-electron chi connectivity index (χ2n) is 8.08. The lowest BCUT2D eigenvalue weighted by Crippen LogP contribution is -2.49. The average molecular weight is 480 g/mol. The van der Waals surface area contributed by atoms with Crippen molar-refractivity contribution in [1.29, 1.82) is 0 Å². The molecule has 36 heavy (non-hydrogen) atoms. The van der Waals surface area contributed by atoms with Crippen molar-refractivity contribution in [3.05, 3.63) is 106 Å². The molecule has 3 aromatic carbocycles. The van der Waals surface area contributed by atoms with Crippen LogP contribution in [-0.4, -0.2) is 56.4 Å². The number of fused-ring (bicyclic) bond motifs is 3. The Kier molecular flexibility index (Phi) is 4.26. The van der Waals surface area contributed by atoms with E-state index in [-0.39, 0.29) is 38.9 Å².